The third kappa shape index (κ3) is 4.22. The fourth-order valence-corrected chi connectivity index (χ4v) is 3.03. The highest BCUT2D eigenvalue weighted by atomic mass is 32.1. The van der Waals surface area contributed by atoms with Gasteiger partial charge in [-0.1, -0.05) is 20.3 Å². The standard InChI is InChI=1S/C15H22N4OS/c1-4-6-11-13(10-16-9-5-2)21-15(17-11)12-7-8-14(20-3)19-18-12/h7-8,16H,4-6,9-10H2,1-3H3. The Balaban J connectivity index is 2.20. The van der Waals surface area contributed by atoms with Gasteiger partial charge in [-0.2, -0.15) is 0 Å². The molecule has 0 aliphatic heterocycles. The Morgan fingerprint density at radius 2 is 2.05 bits per heavy atom. The second-order valence-corrected chi connectivity index (χ2v) is 5.86. The Hall–Kier alpha value is -1.53. The van der Waals surface area contributed by atoms with E-state index < -0.39 is 0 Å². The molecule has 0 aliphatic rings. The van der Waals surface area contributed by atoms with Gasteiger partial charge in [-0.3, -0.25) is 0 Å². The minimum Gasteiger partial charge on any atom is -0.480 e. The third-order valence-electron chi connectivity index (χ3n) is 3.05. The van der Waals surface area contributed by atoms with Gasteiger partial charge in [0, 0.05) is 17.5 Å². The van der Waals surface area contributed by atoms with E-state index in [2.05, 4.69) is 29.4 Å². The van der Waals surface area contributed by atoms with Gasteiger partial charge in [-0.05, 0) is 25.5 Å². The third-order valence-corrected chi connectivity index (χ3v) is 4.17. The number of aromatic nitrogens is 3. The zero-order valence-electron chi connectivity index (χ0n) is 12.8. The average Bonchev–Trinajstić information content (AvgIpc) is 2.91. The summed E-state index contributed by atoms with van der Waals surface area (Å²) in [7, 11) is 1.59. The number of thiazole rings is 1. The molecule has 2 aromatic rings. The molecule has 0 saturated heterocycles. The highest BCUT2D eigenvalue weighted by Gasteiger charge is 2.13. The van der Waals surface area contributed by atoms with E-state index in [1.807, 2.05) is 12.1 Å². The first-order valence-corrected chi connectivity index (χ1v) is 8.17. The smallest absolute Gasteiger partial charge is 0.233 e. The number of hydrogen-bond acceptors (Lipinski definition) is 6. The van der Waals surface area contributed by atoms with Gasteiger partial charge in [0.2, 0.25) is 5.88 Å². The zero-order valence-corrected chi connectivity index (χ0v) is 13.7. The van der Waals surface area contributed by atoms with Crippen LogP contribution in [-0.4, -0.2) is 28.8 Å². The topological polar surface area (TPSA) is 59.9 Å². The highest BCUT2D eigenvalue weighted by Crippen LogP contribution is 2.28. The van der Waals surface area contributed by atoms with E-state index >= 15 is 0 Å². The van der Waals surface area contributed by atoms with Crippen molar-refractivity contribution in [1.82, 2.24) is 20.5 Å². The monoisotopic (exact) mass is 306 g/mol. The molecule has 2 heterocycles. The molecule has 2 aromatic heterocycles. The molecule has 21 heavy (non-hydrogen) atoms. The lowest BCUT2D eigenvalue weighted by molar-refractivity contribution is 0.392. The van der Waals surface area contributed by atoms with Crippen molar-refractivity contribution >= 4 is 11.3 Å². The molecule has 5 nitrogen and oxygen atoms in total. The molecular weight excluding hydrogens is 284 g/mol. The summed E-state index contributed by atoms with van der Waals surface area (Å²) in [5.41, 5.74) is 1.98. The maximum Gasteiger partial charge on any atom is 0.233 e. The van der Waals surface area contributed by atoms with Gasteiger partial charge < -0.3 is 10.1 Å². The SMILES string of the molecule is CCCNCc1sc(-c2ccc(OC)nn2)nc1CCC. The summed E-state index contributed by atoms with van der Waals surface area (Å²) in [4.78, 5) is 6.04. The molecule has 0 bridgehead atoms. The maximum absolute atomic E-state index is 5.04. The predicted octanol–water partition coefficient (Wildman–Crippen LogP) is 3.06. The number of aryl methyl sites for hydroxylation is 1. The quantitative estimate of drug-likeness (QED) is 0.760. The van der Waals surface area contributed by atoms with Gasteiger partial charge in [-0.15, -0.1) is 21.5 Å². The first kappa shape index (κ1) is 15.9. The lowest BCUT2D eigenvalue weighted by Crippen LogP contribution is -2.13. The van der Waals surface area contributed by atoms with E-state index in [9.17, 15) is 0 Å². The molecule has 0 amide bonds. The Morgan fingerprint density at radius 1 is 1.19 bits per heavy atom. The van der Waals surface area contributed by atoms with E-state index in [0.29, 0.717) is 5.88 Å². The lowest BCUT2D eigenvalue weighted by Gasteiger charge is -2.02. The van der Waals surface area contributed by atoms with Crippen LogP contribution in [0.1, 0.15) is 37.3 Å². The summed E-state index contributed by atoms with van der Waals surface area (Å²) in [5, 5.41) is 12.6. The fourth-order valence-electron chi connectivity index (χ4n) is 1.98. The van der Waals surface area contributed by atoms with E-state index in [-0.39, 0.29) is 0 Å². The number of nitrogens with one attached hydrogen (secondary N) is 1. The molecule has 0 unspecified atom stereocenters. The van der Waals surface area contributed by atoms with Crippen LogP contribution in [0.15, 0.2) is 12.1 Å². The van der Waals surface area contributed by atoms with Crippen molar-refractivity contribution in [2.45, 2.75) is 39.7 Å². The molecule has 0 fully saturated rings. The predicted molar refractivity (Wildman–Crippen MR) is 85.7 cm³/mol. The van der Waals surface area contributed by atoms with Crippen LogP contribution in [0.4, 0.5) is 0 Å². The number of hydrogen-bond donors (Lipinski definition) is 1. The molecule has 0 aromatic carbocycles. The minimum absolute atomic E-state index is 0.522. The fraction of sp³-hybridized carbons (Fsp3) is 0.533. The normalized spacial score (nSPS) is 10.8. The summed E-state index contributed by atoms with van der Waals surface area (Å²) in [6, 6.07) is 3.72. The molecule has 0 saturated carbocycles. The number of methoxy groups -OCH3 is 1. The van der Waals surface area contributed by atoms with Crippen LogP contribution in [0, 0.1) is 0 Å². The van der Waals surface area contributed by atoms with Gasteiger partial charge in [0.25, 0.3) is 0 Å². The lowest BCUT2D eigenvalue weighted by atomic mass is 10.2. The summed E-state index contributed by atoms with van der Waals surface area (Å²) in [6.45, 7) is 6.26. The second kappa shape index (κ2) is 8.05. The van der Waals surface area contributed by atoms with E-state index in [1.54, 1.807) is 18.4 Å². The van der Waals surface area contributed by atoms with Gasteiger partial charge in [0.1, 0.15) is 10.7 Å². The van der Waals surface area contributed by atoms with Gasteiger partial charge in [-0.25, -0.2) is 4.98 Å². The maximum atomic E-state index is 5.04. The van der Waals surface area contributed by atoms with Crippen molar-refractivity contribution in [2.75, 3.05) is 13.7 Å². The van der Waals surface area contributed by atoms with Crippen molar-refractivity contribution in [3.63, 3.8) is 0 Å². The van der Waals surface area contributed by atoms with Crippen LogP contribution in [-0.2, 0) is 13.0 Å². The Bertz CT molecular complexity index is 553. The highest BCUT2D eigenvalue weighted by molar-refractivity contribution is 7.15. The molecule has 0 spiro atoms. The molecule has 0 radical (unpaired) electrons. The van der Waals surface area contributed by atoms with Crippen molar-refractivity contribution in [3.05, 3.63) is 22.7 Å². The summed E-state index contributed by atoms with van der Waals surface area (Å²) < 4.78 is 5.04. The van der Waals surface area contributed by atoms with Crippen molar-refractivity contribution in [1.29, 1.82) is 0 Å². The summed E-state index contributed by atoms with van der Waals surface area (Å²) >= 11 is 1.70. The van der Waals surface area contributed by atoms with Gasteiger partial charge >= 0.3 is 0 Å². The molecular formula is C15H22N4OS. The van der Waals surface area contributed by atoms with Crippen LogP contribution in [0.5, 0.6) is 5.88 Å². The van der Waals surface area contributed by atoms with E-state index in [1.165, 1.54) is 10.6 Å². The van der Waals surface area contributed by atoms with E-state index in [4.69, 9.17) is 9.72 Å². The number of ether oxygens (including phenoxy) is 1. The number of rotatable bonds is 8. The summed E-state index contributed by atoms with van der Waals surface area (Å²) in [5.74, 6) is 0.522. The Kier molecular flexibility index (Phi) is 6.07. The molecule has 2 rings (SSSR count). The van der Waals surface area contributed by atoms with Crippen LogP contribution in [0.2, 0.25) is 0 Å². The molecule has 1 N–H and O–H groups in total. The van der Waals surface area contributed by atoms with Gasteiger partial charge in [0.15, 0.2) is 0 Å². The zero-order chi connectivity index (χ0) is 15.1. The van der Waals surface area contributed by atoms with Crippen LogP contribution in [0.25, 0.3) is 10.7 Å². The first-order valence-electron chi connectivity index (χ1n) is 7.35. The summed E-state index contributed by atoms with van der Waals surface area (Å²) in [6.07, 6.45) is 3.24. The molecule has 6 heteroatoms. The van der Waals surface area contributed by atoms with Crippen molar-refractivity contribution in [2.24, 2.45) is 0 Å². The van der Waals surface area contributed by atoms with Crippen molar-refractivity contribution in [3.8, 4) is 16.6 Å². The van der Waals surface area contributed by atoms with Crippen LogP contribution >= 0.6 is 11.3 Å². The Morgan fingerprint density at radius 3 is 2.67 bits per heavy atom. The largest absolute Gasteiger partial charge is 0.480 e. The molecule has 0 aliphatic carbocycles. The Labute approximate surface area is 129 Å². The van der Waals surface area contributed by atoms with Crippen LogP contribution < -0.4 is 10.1 Å². The molecule has 0 atom stereocenters. The molecule has 114 valence electrons. The second-order valence-electron chi connectivity index (χ2n) is 4.78. The van der Waals surface area contributed by atoms with Crippen molar-refractivity contribution < 1.29 is 4.74 Å². The number of nitrogens with zero attached hydrogens (tertiary/aromatic N) is 3. The average molecular weight is 306 g/mol. The van der Waals surface area contributed by atoms with Crippen LogP contribution in [0.3, 0.4) is 0 Å². The van der Waals surface area contributed by atoms with E-state index in [0.717, 1.165) is 43.1 Å². The first-order chi connectivity index (χ1) is 10.3. The minimum atomic E-state index is 0.522. The van der Waals surface area contributed by atoms with Gasteiger partial charge in [0.05, 0.1) is 12.8 Å².